The summed E-state index contributed by atoms with van der Waals surface area (Å²) < 4.78 is 0. The van der Waals surface area contributed by atoms with Gasteiger partial charge in [0.15, 0.2) is 5.78 Å². The van der Waals surface area contributed by atoms with Crippen molar-refractivity contribution in [1.82, 2.24) is 4.90 Å². The summed E-state index contributed by atoms with van der Waals surface area (Å²) in [6.45, 7) is 4.75. The molecule has 2 aliphatic carbocycles. The maximum Gasteiger partial charge on any atom is 0.226 e. The van der Waals surface area contributed by atoms with Crippen molar-refractivity contribution in [3.8, 4) is 6.07 Å². The van der Waals surface area contributed by atoms with E-state index in [4.69, 9.17) is 23.2 Å². The van der Waals surface area contributed by atoms with Crippen LogP contribution in [0.2, 0.25) is 10.0 Å². The molecular formula is C33H34Cl2N2O2. The monoisotopic (exact) mass is 560 g/mol. The minimum absolute atomic E-state index is 0.0739. The number of hydrogen-bond donors (Lipinski definition) is 0. The molecule has 0 N–H and O–H groups in total. The van der Waals surface area contributed by atoms with Gasteiger partial charge in [0.1, 0.15) is 0 Å². The summed E-state index contributed by atoms with van der Waals surface area (Å²) in [5, 5.41) is 10.7. The van der Waals surface area contributed by atoms with Gasteiger partial charge in [0, 0.05) is 46.8 Å². The van der Waals surface area contributed by atoms with E-state index in [2.05, 4.69) is 19.9 Å². The predicted octanol–water partition coefficient (Wildman–Crippen LogP) is 8.09. The molecule has 6 heteroatoms. The van der Waals surface area contributed by atoms with E-state index in [-0.39, 0.29) is 29.4 Å². The molecule has 0 aromatic heterocycles. The average Bonchev–Trinajstić information content (AvgIpc) is 3.02. The first-order valence-corrected chi connectivity index (χ1v) is 14.6. The second-order valence-electron chi connectivity index (χ2n) is 11.5. The van der Waals surface area contributed by atoms with E-state index >= 15 is 0 Å². The number of fused-ring (bicyclic) bond motifs is 3. The van der Waals surface area contributed by atoms with Gasteiger partial charge in [-0.25, -0.2) is 0 Å². The molecule has 1 saturated carbocycles. The first-order chi connectivity index (χ1) is 18.7. The van der Waals surface area contributed by atoms with E-state index in [0.29, 0.717) is 42.3 Å². The van der Waals surface area contributed by atoms with Crippen LogP contribution in [0.1, 0.15) is 63.5 Å². The van der Waals surface area contributed by atoms with Gasteiger partial charge in [-0.15, -0.1) is 0 Å². The maximum absolute atomic E-state index is 14.4. The number of benzene rings is 2. The Labute approximate surface area is 241 Å². The van der Waals surface area contributed by atoms with Crippen LogP contribution in [0.3, 0.4) is 0 Å². The number of carbonyl (C=O) groups excluding carboxylic acids is 2. The van der Waals surface area contributed by atoms with Crippen molar-refractivity contribution in [2.45, 2.75) is 65.3 Å². The maximum atomic E-state index is 14.4. The molecular weight excluding hydrogens is 527 g/mol. The van der Waals surface area contributed by atoms with Crippen molar-refractivity contribution in [1.29, 1.82) is 5.26 Å². The Balaban J connectivity index is 1.53. The van der Waals surface area contributed by atoms with E-state index in [0.717, 1.165) is 41.5 Å². The van der Waals surface area contributed by atoms with Crippen LogP contribution in [0.15, 0.2) is 71.5 Å². The molecule has 2 aromatic carbocycles. The number of carbonyl (C=O) groups is 2. The highest BCUT2D eigenvalue weighted by atomic mass is 35.5. The van der Waals surface area contributed by atoms with Crippen LogP contribution in [0.4, 0.5) is 0 Å². The second-order valence-corrected chi connectivity index (χ2v) is 12.4. The lowest BCUT2D eigenvalue weighted by Gasteiger charge is -2.52. The number of allylic oxidation sites excluding steroid dienone is 3. The van der Waals surface area contributed by atoms with E-state index in [9.17, 15) is 14.9 Å². The molecule has 202 valence electrons. The molecule has 4 nitrogen and oxygen atoms in total. The summed E-state index contributed by atoms with van der Waals surface area (Å²) in [6, 6.07) is 17.7. The Kier molecular flexibility index (Phi) is 8.04. The predicted molar refractivity (Wildman–Crippen MR) is 155 cm³/mol. The molecule has 0 radical (unpaired) electrons. The van der Waals surface area contributed by atoms with Crippen molar-refractivity contribution >= 4 is 34.9 Å². The van der Waals surface area contributed by atoms with Gasteiger partial charge < -0.3 is 4.90 Å². The minimum atomic E-state index is -0.413. The summed E-state index contributed by atoms with van der Waals surface area (Å²) in [5.74, 6) is 0.421. The van der Waals surface area contributed by atoms with Crippen LogP contribution in [0.5, 0.6) is 0 Å². The zero-order valence-corrected chi connectivity index (χ0v) is 24.1. The fraction of sp³-hybridized carbons (Fsp3) is 0.424. The second kappa shape index (κ2) is 11.3. The number of nitrogens with zero attached hydrogens (tertiary/aromatic N) is 2. The Bertz CT molecular complexity index is 1400. The van der Waals surface area contributed by atoms with E-state index in [1.54, 1.807) is 0 Å². The lowest BCUT2D eigenvalue weighted by molar-refractivity contribution is -0.131. The van der Waals surface area contributed by atoms with Crippen molar-refractivity contribution < 1.29 is 9.59 Å². The van der Waals surface area contributed by atoms with E-state index in [1.807, 2.05) is 59.6 Å². The third kappa shape index (κ3) is 5.45. The topological polar surface area (TPSA) is 61.2 Å². The molecule has 3 aliphatic rings. The summed E-state index contributed by atoms with van der Waals surface area (Å²) in [4.78, 5) is 29.6. The van der Waals surface area contributed by atoms with Crippen LogP contribution in [-0.2, 0) is 22.6 Å². The third-order valence-corrected chi connectivity index (χ3v) is 9.76. The fourth-order valence-electron chi connectivity index (χ4n) is 7.28. The summed E-state index contributed by atoms with van der Waals surface area (Å²) in [5.41, 5.74) is 4.76. The molecule has 0 bridgehead atoms. The SMILES string of the molecule is CC1=C(Cc2cccc(Cl)c2)C(=O)[C@H]2[C@@H](CCC3=CN(Cc4cccc(Cl)c4)C(=O)CC[C@@]32C)[C@@H]1CCC#N. The average molecular weight is 562 g/mol. The molecule has 4 atom stereocenters. The summed E-state index contributed by atoms with van der Waals surface area (Å²) in [6.07, 6.45) is 6.56. The van der Waals surface area contributed by atoms with Crippen LogP contribution in [0, 0.1) is 34.5 Å². The van der Waals surface area contributed by atoms with Gasteiger partial charge in [-0.2, -0.15) is 5.26 Å². The van der Waals surface area contributed by atoms with Crippen LogP contribution >= 0.6 is 23.2 Å². The Hall–Kier alpha value is -2.87. The van der Waals surface area contributed by atoms with Gasteiger partial charge in [0.25, 0.3) is 0 Å². The number of hydrogen-bond acceptors (Lipinski definition) is 3. The van der Waals surface area contributed by atoms with Gasteiger partial charge >= 0.3 is 0 Å². The van der Waals surface area contributed by atoms with Crippen molar-refractivity contribution in [2.75, 3.05) is 0 Å². The zero-order valence-electron chi connectivity index (χ0n) is 22.6. The molecule has 1 heterocycles. The standard InChI is InChI=1S/C33H34Cl2N2O2/c1-21-27(10-5-15-36)28-12-11-24-20-37(19-23-7-4-9-26(35)17-23)30(38)13-14-33(24,2)31(28)32(39)29(21)18-22-6-3-8-25(34)16-22/h3-4,6-9,16-17,20,27-28,31H,5,10-14,18-19H2,1-2H3/t27-,28+,31-,33+/m1/s1. The Morgan fingerprint density at radius 2 is 1.74 bits per heavy atom. The largest absolute Gasteiger partial charge is 0.315 e. The first-order valence-electron chi connectivity index (χ1n) is 13.8. The third-order valence-electron chi connectivity index (χ3n) is 9.29. The minimum Gasteiger partial charge on any atom is -0.315 e. The molecule has 2 aromatic rings. The van der Waals surface area contributed by atoms with Crippen molar-refractivity contribution in [3.63, 3.8) is 0 Å². The number of ketones is 1. The van der Waals surface area contributed by atoms with Gasteiger partial charge in [0.05, 0.1) is 12.6 Å². The Morgan fingerprint density at radius 3 is 2.44 bits per heavy atom. The van der Waals surface area contributed by atoms with E-state index in [1.165, 1.54) is 5.57 Å². The van der Waals surface area contributed by atoms with Gasteiger partial charge in [-0.1, -0.05) is 60.0 Å². The molecule has 0 saturated heterocycles. The summed E-state index contributed by atoms with van der Waals surface area (Å²) >= 11 is 12.5. The van der Waals surface area contributed by atoms with Crippen molar-refractivity contribution in [2.24, 2.45) is 23.2 Å². The number of amides is 1. The lowest BCUT2D eigenvalue weighted by atomic mass is 9.50. The summed E-state index contributed by atoms with van der Waals surface area (Å²) in [7, 11) is 0. The molecule has 5 rings (SSSR count). The van der Waals surface area contributed by atoms with Gasteiger partial charge in [0.2, 0.25) is 5.91 Å². The van der Waals surface area contributed by atoms with Crippen LogP contribution < -0.4 is 0 Å². The fourth-order valence-corrected chi connectivity index (χ4v) is 7.71. The Morgan fingerprint density at radius 1 is 1.05 bits per heavy atom. The van der Waals surface area contributed by atoms with Gasteiger partial charge in [-0.05, 0) is 91.0 Å². The molecule has 1 fully saturated rings. The molecule has 1 amide bonds. The lowest BCUT2D eigenvalue weighted by Crippen LogP contribution is -2.49. The quantitative estimate of drug-likeness (QED) is 0.358. The van der Waals surface area contributed by atoms with Crippen LogP contribution in [-0.4, -0.2) is 16.6 Å². The van der Waals surface area contributed by atoms with Crippen LogP contribution in [0.25, 0.3) is 0 Å². The normalized spacial score (nSPS) is 26.9. The molecule has 0 unspecified atom stereocenters. The molecule has 1 aliphatic heterocycles. The first kappa shape index (κ1) is 27.7. The number of Topliss-reactive ketones (excluding diaryl/α,β-unsaturated/α-hetero) is 1. The molecule has 0 spiro atoms. The highest BCUT2D eigenvalue weighted by molar-refractivity contribution is 6.30. The van der Waals surface area contributed by atoms with E-state index < -0.39 is 5.41 Å². The smallest absolute Gasteiger partial charge is 0.226 e. The zero-order chi connectivity index (χ0) is 27.7. The van der Waals surface area contributed by atoms with Crippen molar-refractivity contribution in [3.05, 3.63) is 92.6 Å². The number of rotatable bonds is 6. The molecule has 39 heavy (non-hydrogen) atoms. The number of nitriles is 1. The van der Waals surface area contributed by atoms with Gasteiger partial charge in [-0.3, -0.25) is 9.59 Å². The highest BCUT2D eigenvalue weighted by Crippen LogP contribution is 2.58. The number of halogens is 2. The highest BCUT2D eigenvalue weighted by Gasteiger charge is 2.54.